The number of hydrogen-bond donors (Lipinski definition) is 1. The van der Waals surface area contributed by atoms with Crippen molar-refractivity contribution in [2.45, 2.75) is 37.9 Å². The van der Waals surface area contributed by atoms with E-state index in [2.05, 4.69) is 9.97 Å². The summed E-state index contributed by atoms with van der Waals surface area (Å²) in [4.78, 5) is 8.02. The van der Waals surface area contributed by atoms with E-state index in [1.807, 2.05) is 0 Å². The lowest BCUT2D eigenvalue weighted by atomic mass is 9.95. The van der Waals surface area contributed by atoms with Crippen LogP contribution in [-0.4, -0.2) is 29.3 Å². The van der Waals surface area contributed by atoms with Gasteiger partial charge in [0.1, 0.15) is 11.9 Å². The Morgan fingerprint density at radius 2 is 2.12 bits per heavy atom. The molecule has 1 heterocycles. The zero-order valence-corrected chi connectivity index (χ0v) is 9.43. The molecule has 0 bridgehead atoms. The van der Waals surface area contributed by atoms with E-state index in [0.29, 0.717) is 17.8 Å². The number of anilines is 1. The summed E-state index contributed by atoms with van der Waals surface area (Å²) in [5, 5.41) is 0. The molecule has 0 spiro atoms. The van der Waals surface area contributed by atoms with Crippen LogP contribution in [0.3, 0.4) is 0 Å². The molecule has 1 aliphatic rings. The molecule has 1 aromatic rings. The van der Waals surface area contributed by atoms with E-state index >= 15 is 0 Å². The van der Waals surface area contributed by atoms with Crippen LogP contribution < -0.4 is 10.5 Å². The molecule has 0 radical (unpaired) electrons. The van der Waals surface area contributed by atoms with Crippen molar-refractivity contribution >= 4 is 5.82 Å². The second-order valence-electron chi connectivity index (χ2n) is 4.05. The van der Waals surface area contributed by atoms with Crippen molar-refractivity contribution in [3.63, 3.8) is 0 Å². The highest BCUT2D eigenvalue weighted by molar-refractivity contribution is 5.26. The largest absolute Gasteiger partial charge is 0.473 e. The normalized spacial score (nSPS) is 25.3. The summed E-state index contributed by atoms with van der Waals surface area (Å²) in [7, 11) is 1.74. The number of aromatic nitrogens is 2. The molecule has 5 heteroatoms. The summed E-state index contributed by atoms with van der Waals surface area (Å²) in [5.41, 5.74) is 5.54. The van der Waals surface area contributed by atoms with Gasteiger partial charge in [-0.1, -0.05) is 0 Å². The van der Waals surface area contributed by atoms with Gasteiger partial charge in [0.15, 0.2) is 0 Å². The third-order valence-corrected chi connectivity index (χ3v) is 2.83. The molecule has 2 unspecified atom stereocenters. The van der Waals surface area contributed by atoms with E-state index < -0.39 is 0 Å². The summed E-state index contributed by atoms with van der Waals surface area (Å²) in [6.07, 6.45) is 7.74. The summed E-state index contributed by atoms with van der Waals surface area (Å²) >= 11 is 0. The van der Waals surface area contributed by atoms with Crippen molar-refractivity contribution in [2.75, 3.05) is 12.8 Å². The molecule has 16 heavy (non-hydrogen) atoms. The molecule has 1 aliphatic carbocycles. The minimum Gasteiger partial charge on any atom is -0.473 e. The van der Waals surface area contributed by atoms with E-state index in [1.54, 1.807) is 13.3 Å². The van der Waals surface area contributed by atoms with Crippen molar-refractivity contribution in [1.82, 2.24) is 9.97 Å². The first kappa shape index (κ1) is 11.1. The molecule has 0 saturated heterocycles. The Kier molecular flexibility index (Phi) is 3.56. The van der Waals surface area contributed by atoms with Crippen molar-refractivity contribution in [3.05, 3.63) is 12.4 Å². The van der Waals surface area contributed by atoms with Gasteiger partial charge in [-0.05, 0) is 19.3 Å². The van der Waals surface area contributed by atoms with Gasteiger partial charge in [-0.3, -0.25) is 4.98 Å². The average Bonchev–Trinajstić information content (AvgIpc) is 2.29. The topological polar surface area (TPSA) is 70.3 Å². The van der Waals surface area contributed by atoms with Crippen molar-refractivity contribution in [3.8, 4) is 5.88 Å². The fraction of sp³-hybridized carbons (Fsp3) is 0.636. The molecule has 1 saturated carbocycles. The summed E-state index contributed by atoms with van der Waals surface area (Å²) in [5.74, 6) is 0.887. The fourth-order valence-corrected chi connectivity index (χ4v) is 2.01. The highest BCUT2D eigenvalue weighted by atomic mass is 16.5. The molecule has 2 atom stereocenters. The number of ether oxygens (including phenoxy) is 2. The van der Waals surface area contributed by atoms with Gasteiger partial charge in [0.2, 0.25) is 5.88 Å². The molecule has 2 N–H and O–H groups in total. The molecule has 5 nitrogen and oxygen atoms in total. The Hall–Kier alpha value is -1.36. The Bertz CT molecular complexity index is 346. The Morgan fingerprint density at radius 3 is 2.88 bits per heavy atom. The third kappa shape index (κ3) is 2.82. The highest BCUT2D eigenvalue weighted by Crippen LogP contribution is 2.24. The maximum absolute atomic E-state index is 5.73. The highest BCUT2D eigenvalue weighted by Gasteiger charge is 2.23. The molecular weight excluding hydrogens is 206 g/mol. The molecule has 2 rings (SSSR count). The van der Waals surface area contributed by atoms with Gasteiger partial charge in [0.25, 0.3) is 0 Å². The first-order valence-electron chi connectivity index (χ1n) is 5.55. The Labute approximate surface area is 95.0 Å². The van der Waals surface area contributed by atoms with Gasteiger partial charge >= 0.3 is 0 Å². The fourth-order valence-electron chi connectivity index (χ4n) is 2.01. The monoisotopic (exact) mass is 223 g/mol. The van der Waals surface area contributed by atoms with Crippen LogP contribution in [0.15, 0.2) is 12.4 Å². The van der Waals surface area contributed by atoms with Crippen LogP contribution in [0.1, 0.15) is 25.7 Å². The van der Waals surface area contributed by atoms with Crippen LogP contribution in [0, 0.1) is 0 Å². The molecule has 0 aliphatic heterocycles. The van der Waals surface area contributed by atoms with E-state index in [0.717, 1.165) is 25.7 Å². The lowest BCUT2D eigenvalue weighted by Crippen LogP contribution is -2.29. The van der Waals surface area contributed by atoms with Crippen LogP contribution in [0.25, 0.3) is 0 Å². The van der Waals surface area contributed by atoms with Crippen molar-refractivity contribution < 1.29 is 9.47 Å². The SMILES string of the molecule is COC1CCCC(Oc2cncc(N)n2)C1. The van der Waals surface area contributed by atoms with Crippen LogP contribution in [-0.2, 0) is 4.74 Å². The predicted molar refractivity (Wildman–Crippen MR) is 60.1 cm³/mol. The number of nitrogen functional groups attached to an aromatic ring is 1. The van der Waals surface area contributed by atoms with Gasteiger partial charge in [0.05, 0.1) is 18.5 Å². The van der Waals surface area contributed by atoms with Crippen molar-refractivity contribution in [2.24, 2.45) is 0 Å². The minimum absolute atomic E-state index is 0.162. The second-order valence-corrected chi connectivity index (χ2v) is 4.05. The quantitative estimate of drug-likeness (QED) is 0.838. The molecule has 0 amide bonds. The smallest absolute Gasteiger partial charge is 0.234 e. The van der Waals surface area contributed by atoms with Gasteiger partial charge in [-0.2, -0.15) is 4.98 Å². The Balaban J connectivity index is 1.94. The lowest BCUT2D eigenvalue weighted by molar-refractivity contribution is 0.0194. The average molecular weight is 223 g/mol. The zero-order valence-electron chi connectivity index (χ0n) is 9.43. The first-order chi connectivity index (χ1) is 7.78. The summed E-state index contributed by atoms with van der Waals surface area (Å²) in [6, 6.07) is 0. The second kappa shape index (κ2) is 5.12. The molecule has 88 valence electrons. The molecular formula is C11H17N3O2. The number of nitrogens with zero attached hydrogens (tertiary/aromatic N) is 2. The number of hydrogen-bond acceptors (Lipinski definition) is 5. The zero-order chi connectivity index (χ0) is 11.4. The number of rotatable bonds is 3. The predicted octanol–water partition coefficient (Wildman–Crippen LogP) is 1.40. The van der Waals surface area contributed by atoms with Crippen LogP contribution in [0.4, 0.5) is 5.82 Å². The number of methoxy groups -OCH3 is 1. The first-order valence-corrected chi connectivity index (χ1v) is 5.55. The maximum atomic E-state index is 5.73. The Morgan fingerprint density at radius 1 is 1.31 bits per heavy atom. The van der Waals surface area contributed by atoms with E-state index in [9.17, 15) is 0 Å². The van der Waals surface area contributed by atoms with E-state index in [1.165, 1.54) is 6.20 Å². The minimum atomic E-state index is 0.162. The van der Waals surface area contributed by atoms with Gasteiger partial charge in [-0.25, -0.2) is 0 Å². The van der Waals surface area contributed by atoms with Crippen molar-refractivity contribution in [1.29, 1.82) is 0 Å². The van der Waals surface area contributed by atoms with Crippen LogP contribution >= 0.6 is 0 Å². The van der Waals surface area contributed by atoms with Gasteiger partial charge in [0, 0.05) is 13.5 Å². The van der Waals surface area contributed by atoms with Crippen LogP contribution in [0.2, 0.25) is 0 Å². The molecule has 0 aromatic carbocycles. The summed E-state index contributed by atoms with van der Waals surface area (Å²) in [6.45, 7) is 0. The molecule has 1 aromatic heterocycles. The molecule has 1 fully saturated rings. The van der Waals surface area contributed by atoms with E-state index in [4.69, 9.17) is 15.2 Å². The van der Waals surface area contributed by atoms with Gasteiger partial charge < -0.3 is 15.2 Å². The summed E-state index contributed by atoms with van der Waals surface area (Å²) < 4.78 is 11.1. The third-order valence-electron chi connectivity index (χ3n) is 2.83. The van der Waals surface area contributed by atoms with Crippen LogP contribution in [0.5, 0.6) is 5.88 Å². The standard InChI is InChI=1S/C11H17N3O2/c1-15-8-3-2-4-9(5-8)16-11-7-13-6-10(12)14-11/h6-9H,2-5H2,1H3,(H2,12,14). The number of nitrogens with two attached hydrogens (primary N) is 1. The lowest BCUT2D eigenvalue weighted by Gasteiger charge is -2.28. The van der Waals surface area contributed by atoms with Gasteiger partial charge in [-0.15, -0.1) is 0 Å². The van der Waals surface area contributed by atoms with E-state index in [-0.39, 0.29) is 6.10 Å². The maximum Gasteiger partial charge on any atom is 0.234 e.